The third kappa shape index (κ3) is 5.52. The summed E-state index contributed by atoms with van der Waals surface area (Å²) in [7, 11) is 1.58. The zero-order valence-corrected chi connectivity index (χ0v) is 17.7. The molecule has 0 unspecified atom stereocenters. The van der Waals surface area contributed by atoms with E-state index in [0.717, 1.165) is 27.8 Å². The van der Waals surface area contributed by atoms with Crippen LogP contribution in [0.25, 0.3) is 12.2 Å². The number of nitrogens with one attached hydrogen (secondary N) is 1. The molecular weight excluding hydrogens is 424 g/mol. The van der Waals surface area contributed by atoms with Crippen molar-refractivity contribution >= 4 is 52.6 Å². The topological polar surface area (TPSA) is 75.7 Å². The Hall–Kier alpha value is -3.03. The quantitative estimate of drug-likeness (QED) is 0.650. The lowest BCUT2D eigenvalue weighted by atomic mass is 10.2. The summed E-state index contributed by atoms with van der Waals surface area (Å²) in [6, 6.07) is 14.3. The summed E-state index contributed by atoms with van der Waals surface area (Å²) in [5.41, 5.74) is 1.52. The van der Waals surface area contributed by atoms with E-state index in [1.165, 1.54) is 6.08 Å². The van der Waals surface area contributed by atoms with Crippen LogP contribution >= 0.6 is 23.4 Å². The number of ether oxygens (including phenoxy) is 1. The normalized spacial score (nSPS) is 15.3. The number of nitrogens with zero attached hydrogens (tertiary/aromatic N) is 1. The van der Waals surface area contributed by atoms with Crippen LogP contribution in [0.5, 0.6) is 5.75 Å². The Morgan fingerprint density at radius 2 is 1.90 bits per heavy atom. The van der Waals surface area contributed by atoms with Crippen LogP contribution in [-0.4, -0.2) is 42.2 Å². The number of thioether (sulfide) groups is 1. The number of hydrogen-bond donors (Lipinski definition) is 1. The van der Waals surface area contributed by atoms with E-state index in [-0.39, 0.29) is 30.1 Å². The monoisotopic (exact) mass is 442 g/mol. The highest BCUT2D eigenvalue weighted by Gasteiger charge is 2.34. The fourth-order valence-corrected chi connectivity index (χ4v) is 3.73. The second kappa shape index (κ2) is 10.1. The molecule has 2 aromatic carbocycles. The molecule has 3 rings (SSSR count). The predicted octanol–water partition coefficient (Wildman–Crippen LogP) is 4.21. The zero-order valence-electron chi connectivity index (χ0n) is 16.1. The SMILES string of the molecule is COc1ccc(/C=C2\SC(=O)N(CCNC(=O)/C=C/c3ccccc3Cl)C2=O)cc1. The zero-order chi connectivity index (χ0) is 21.5. The molecule has 0 aliphatic carbocycles. The molecule has 0 aromatic heterocycles. The summed E-state index contributed by atoms with van der Waals surface area (Å²) in [6.45, 7) is 0.246. The number of halogens is 1. The Labute approximate surface area is 183 Å². The molecule has 1 aliphatic heterocycles. The van der Waals surface area contributed by atoms with E-state index in [2.05, 4.69) is 5.32 Å². The summed E-state index contributed by atoms with van der Waals surface area (Å²) in [6.07, 6.45) is 4.63. The summed E-state index contributed by atoms with van der Waals surface area (Å²) in [5, 5.41) is 2.84. The van der Waals surface area contributed by atoms with E-state index in [0.29, 0.717) is 15.7 Å². The van der Waals surface area contributed by atoms with Crippen LogP contribution in [0.3, 0.4) is 0 Å². The number of imide groups is 1. The first-order valence-corrected chi connectivity index (χ1v) is 10.3. The maximum atomic E-state index is 12.5. The van der Waals surface area contributed by atoms with Gasteiger partial charge >= 0.3 is 0 Å². The molecule has 1 aliphatic rings. The van der Waals surface area contributed by atoms with Crippen molar-refractivity contribution in [3.05, 3.63) is 75.7 Å². The second-order valence-corrected chi connectivity index (χ2v) is 7.65. The number of hydrogen-bond acceptors (Lipinski definition) is 5. The van der Waals surface area contributed by atoms with E-state index >= 15 is 0 Å². The number of amides is 3. The molecule has 8 heteroatoms. The van der Waals surface area contributed by atoms with Crippen LogP contribution in [0.4, 0.5) is 4.79 Å². The van der Waals surface area contributed by atoms with Crippen molar-refractivity contribution < 1.29 is 19.1 Å². The van der Waals surface area contributed by atoms with Crippen molar-refractivity contribution in [1.82, 2.24) is 10.2 Å². The lowest BCUT2D eigenvalue weighted by Gasteiger charge is -2.12. The Kier molecular flexibility index (Phi) is 7.32. The number of methoxy groups -OCH3 is 1. The van der Waals surface area contributed by atoms with E-state index in [1.807, 2.05) is 6.07 Å². The lowest BCUT2D eigenvalue weighted by molar-refractivity contribution is -0.123. The highest BCUT2D eigenvalue weighted by Crippen LogP contribution is 2.32. The molecule has 30 heavy (non-hydrogen) atoms. The Bertz CT molecular complexity index is 1020. The average molecular weight is 443 g/mol. The molecule has 0 spiro atoms. The second-order valence-electron chi connectivity index (χ2n) is 6.25. The molecule has 154 valence electrons. The number of rotatable bonds is 7. The Morgan fingerprint density at radius 1 is 1.17 bits per heavy atom. The van der Waals surface area contributed by atoms with E-state index in [9.17, 15) is 14.4 Å². The van der Waals surface area contributed by atoms with Crippen LogP contribution < -0.4 is 10.1 Å². The fourth-order valence-electron chi connectivity index (χ4n) is 2.67. The first-order chi connectivity index (χ1) is 14.5. The van der Waals surface area contributed by atoms with Crippen LogP contribution in [0.15, 0.2) is 59.5 Å². The van der Waals surface area contributed by atoms with Gasteiger partial charge in [-0.05, 0) is 53.2 Å². The van der Waals surface area contributed by atoms with E-state index < -0.39 is 0 Å². The average Bonchev–Trinajstić information content (AvgIpc) is 3.01. The highest BCUT2D eigenvalue weighted by molar-refractivity contribution is 8.18. The van der Waals surface area contributed by atoms with Gasteiger partial charge in [-0.3, -0.25) is 19.3 Å². The van der Waals surface area contributed by atoms with Crippen molar-refractivity contribution in [3.63, 3.8) is 0 Å². The molecule has 1 saturated heterocycles. The first-order valence-electron chi connectivity index (χ1n) is 9.08. The van der Waals surface area contributed by atoms with Crippen LogP contribution in [0.2, 0.25) is 5.02 Å². The maximum absolute atomic E-state index is 12.5. The summed E-state index contributed by atoms with van der Waals surface area (Å²) < 4.78 is 5.11. The number of benzene rings is 2. The van der Waals surface area contributed by atoms with Gasteiger partial charge in [0.05, 0.1) is 12.0 Å². The predicted molar refractivity (Wildman–Crippen MR) is 119 cm³/mol. The molecule has 2 aromatic rings. The van der Waals surface area contributed by atoms with Crippen molar-refractivity contribution in [2.45, 2.75) is 0 Å². The molecule has 1 heterocycles. The molecule has 0 atom stereocenters. The van der Waals surface area contributed by atoms with Crippen molar-refractivity contribution in [2.24, 2.45) is 0 Å². The fraction of sp³-hybridized carbons (Fsp3) is 0.136. The van der Waals surface area contributed by atoms with Gasteiger partial charge in [-0.1, -0.05) is 41.9 Å². The van der Waals surface area contributed by atoms with Crippen LogP contribution in [0.1, 0.15) is 11.1 Å². The Morgan fingerprint density at radius 3 is 2.60 bits per heavy atom. The maximum Gasteiger partial charge on any atom is 0.293 e. The minimum absolute atomic E-state index is 0.0935. The van der Waals surface area contributed by atoms with E-state index in [4.69, 9.17) is 16.3 Å². The molecule has 0 bridgehead atoms. The van der Waals surface area contributed by atoms with Gasteiger partial charge in [-0.2, -0.15) is 0 Å². The van der Waals surface area contributed by atoms with Crippen LogP contribution in [0, 0.1) is 0 Å². The third-order valence-corrected chi connectivity index (χ3v) is 5.49. The van der Waals surface area contributed by atoms with Gasteiger partial charge < -0.3 is 10.1 Å². The van der Waals surface area contributed by atoms with E-state index in [1.54, 1.807) is 61.7 Å². The van der Waals surface area contributed by atoms with Crippen molar-refractivity contribution in [3.8, 4) is 5.75 Å². The Balaban J connectivity index is 1.53. The van der Waals surface area contributed by atoms with Gasteiger partial charge in [0, 0.05) is 24.2 Å². The molecule has 6 nitrogen and oxygen atoms in total. The standard InChI is InChI=1S/C22H19ClN2O4S/c1-29-17-9-6-15(7-10-17)14-19-21(27)25(22(28)30-19)13-12-24-20(26)11-8-16-4-2-3-5-18(16)23/h2-11,14H,12-13H2,1H3,(H,24,26)/b11-8+,19-14-. The van der Waals surface area contributed by atoms with Crippen molar-refractivity contribution in [1.29, 1.82) is 0 Å². The first kappa shape index (κ1) is 21.7. The third-order valence-electron chi connectivity index (χ3n) is 4.24. The molecular formula is C22H19ClN2O4S. The lowest BCUT2D eigenvalue weighted by Crippen LogP contribution is -2.36. The molecule has 3 amide bonds. The summed E-state index contributed by atoms with van der Waals surface area (Å²) >= 11 is 6.92. The van der Waals surface area contributed by atoms with Crippen LogP contribution in [-0.2, 0) is 9.59 Å². The minimum Gasteiger partial charge on any atom is -0.497 e. The van der Waals surface area contributed by atoms with Gasteiger partial charge in [0.1, 0.15) is 5.75 Å². The van der Waals surface area contributed by atoms with Gasteiger partial charge in [-0.15, -0.1) is 0 Å². The largest absolute Gasteiger partial charge is 0.497 e. The molecule has 0 saturated carbocycles. The molecule has 0 radical (unpaired) electrons. The summed E-state index contributed by atoms with van der Waals surface area (Å²) in [4.78, 5) is 38.1. The van der Waals surface area contributed by atoms with Gasteiger partial charge in [0.2, 0.25) is 5.91 Å². The van der Waals surface area contributed by atoms with Crippen molar-refractivity contribution in [2.75, 3.05) is 20.2 Å². The minimum atomic E-state index is -0.373. The summed E-state index contributed by atoms with van der Waals surface area (Å²) in [5.74, 6) is -0.00285. The number of carbonyl (C=O) groups is 3. The number of carbonyl (C=O) groups excluding carboxylic acids is 3. The molecule has 1 N–H and O–H groups in total. The smallest absolute Gasteiger partial charge is 0.293 e. The van der Waals surface area contributed by atoms with Gasteiger partial charge in [-0.25, -0.2) is 0 Å². The molecule has 1 fully saturated rings. The highest BCUT2D eigenvalue weighted by atomic mass is 35.5. The van der Waals surface area contributed by atoms with Gasteiger partial charge in [0.15, 0.2) is 0 Å². The van der Waals surface area contributed by atoms with Gasteiger partial charge in [0.25, 0.3) is 11.1 Å².